The number of thiophene rings is 1. The van der Waals surface area contributed by atoms with Crippen molar-refractivity contribution in [2.75, 3.05) is 19.6 Å². The van der Waals surface area contributed by atoms with Crippen molar-refractivity contribution in [1.82, 2.24) is 9.91 Å². The number of phenolic OH excluding ortho intramolecular Hbond substituents is 1. The molecule has 2 saturated heterocycles. The second-order valence-corrected chi connectivity index (χ2v) is 15.4. The van der Waals surface area contributed by atoms with Gasteiger partial charge in [0.1, 0.15) is 17.2 Å². The first kappa shape index (κ1) is 34.3. The van der Waals surface area contributed by atoms with Crippen LogP contribution in [0.5, 0.6) is 17.2 Å². The second-order valence-electron chi connectivity index (χ2n) is 13.5. The molecule has 2 N–H and O–H groups in total. The van der Waals surface area contributed by atoms with Gasteiger partial charge in [0.05, 0.1) is 54.6 Å². The van der Waals surface area contributed by atoms with E-state index in [1.165, 1.54) is 41.5 Å². The number of imide groups is 2. The summed E-state index contributed by atoms with van der Waals surface area (Å²) in [6.07, 6.45) is 2.39. The van der Waals surface area contributed by atoms with Crippen LogP contribution in [0.2, 0.25) is 10.0 Å². The largest absolute Gasteiger partial charge is 0.508 e. The summed E-state index contributed by atoms with van der Waals surface area (Å²) in [7, 11) is 3.02. The smallest absolute Gasteiger partial charge is 0.260 e. The first-order chi connectivity index (χ1) is 25.1. The molecule has 2 aliphatic heterocycles. The van der Waals surface area contributed by atoms with Crippen molar-refractivity contribution in [2.24, 2.45) is 23.7 Å². The van der Waals surface area contributed by atoms with E-state index in [0.29, 0.717) is 33.3 Å². The van der Waals surface area contributed by atoms with Gasteiger partial charge in [0, 0.05) is 27.4 Å². The van der Waals surface area contributed by atoms with Gasteiger partial charge in [0.2, 0.25) is 11.8 Å². The molecule has 1 aromatic heterocycles. The van der Waals surface area contributed by atoms with Gasteiger partial charge >= 0.3 is 0 Å². The lowest BCUT2D eigenvalue weighted by Crippen LogP contribution is -2.53. The minimum Gasteiger partial charge on any atom is -0.508 e. The number of allylic oxidation sites excluding steroid dienone is 2. The maximum Gasteiger partial charge on any atom is 0.260 e. The van der Waals surface area contributed by atoms with Crippen molar-refractivity contribution in [2.45, 2.75) is 30.7 Å². The van der Waals surface area contributed by atoms with Crippen molar-refractivity contribution in [3.8, 4) is 17.2 Å². The van der Waals surface area contributed by atoms with Gasteiger partial charge in [-0.05, 0) is 72.2 Å². The number of ether oxygens (including phenoxy) is 2. The Morgan fingerprint density at radius 3 is 2.40 bits per heavy atom. The number of carbonyl (C=O) groups excluding carboxylic acids is 4. The molecule has 4 amide bonds. The van der Waals surface area contributed by atoms with Gasteiger partial charge < -0.3 is 14.6 Å². The minimum absolute atomic E-state index is 0.0454. The molecule has 6 unspecified atom stereocenters. The fraction of sp³-hybridized carbons (Fsp3) is 0.282. The highest BCUT2D eigenvalue weighted by atomic mass is 35.5. The van der Waals surface area contributed by atoms with Crippen LogP contribution in [0.1, 0.15) is 34.8 Å². The van der Waals surface area contributed by atoms with E-state index in [4.69, 9.17) is 32.7 Å². The summed E-state index contributed by atoms with van der Waals surface area (Å²) in [5, 5.41) is 14.0. The topological polar surface area (TPSA) is 125 Å². The van der Waals surface area contributed by atoms with Crippen molar-refractivity contribution in [3.63, 3.8) is 0 Å². The van der Waals surface area contributed by atoms with Crippen LogP contribution in [0.15, 0.2) is 89.8 Å². The zero-order valence-corrected chi connectivity index (χ0v) is 30.4. The predicted molar refractivity (Wildman–Crippen MR) is 195 cm³/mol. The van der Waals surface area contributed by atoms with Crippen molar-refractivity contribution in [3.05, 3.63) is 116 Å². The van der Waals surface area contributed by atoms with E-state index < -0.39 is 46.8 Å². The number of fused-ring (bicyclic) bond motifs is 4. The lowest BCUT2D eigenvalue weighted by Gasteiger charge is -2.50. The Balaban J connectivity index is 1.33. The normalized spacial score (nSPS) is 26.5. The summed E-state index contributed by atoms with van der Waals surface area (Å²) in [5.41, 5.74) is 3.61. The number of nitrogens with one attached hydrogen (secondary N) is 1. The Labute approximate surface area is 313 Å². The number of halogens is 2. The van der Waals surface area contributed by atoms with Crippen LogP contribution in [0, 0.1) is 23.7 Å². The summed E-state index contributed by atoms with van der Waals surface area (Å²) in [5.74, 6) is -4.48. The maximum absolute atomic E-state index is 15.4. The third-order valence-electron chi connectivity index (χ3n) is 11.1. The number of aromatic hydroxyl groups is 1. The number of rotatable bonds is 8. The molecule has 10 nitrogen and oxygen atoms in total. The molecule has 52 heavy (non-hydrogen) atoms. The quantitative estimate of drug-likeness (QED) is 0.146. The molecule has 0 bridgehead atoms. The summed E-state index contributed by atoms with van der Waals surface area (Å²) in [6, 6.07) is 20.2. The van der Waals surface area contributed by atoms with E-state index in [1.807, 2.05) is 23.6 Å². The highest BCUT2D eigenvalue weighted by molar-refractivity contribution is 7.09. The number of benzene rings is 3. The zero-order chi connectivity index (χ0) is 36.5. The van der Waals surface area contributed by atoms with Gasteiger partial charge in [-0.1, -0.05) is 59.1 Å². The van der Waals surface area contributed by atoms with Crippen LogP contribution in [-0.2, 0) is 31.1 Å². The number of nitrogens with zero attached hydrogens (tertiary/aromatic N) is 2. The summed E-state index contributed by atoms with van der Waals surface area (Å²) < 4.78 is 11.3. The van der Waals surface area contributed by atoms with E-state index >= 15 is 4.79 Å². The summed E-state index contributed by atoms with van der Waals surface area (Å²) >= 11 is 14.2. The fourth-order valence-corrected chi connectivity index (χ4v) is 10.0. The van der Waals surface area contributed by atoms with Crippen LogP contribution in [0.25, 0.3) is 0 Å². The summed E-state index contributed by atoms with van der Waals surface area (Å²) in [4.78, 5) is 60.8. The van der Waals surface area contributed by atoms with Gasteiger partial charge in [-0.15, -0.1) is 11.3 Å². The van der Waals surface area contributed by atoms with Gasteiger partial charge in [-0.25, -0.2) is 0 Å². The number of hydrogen-bond donors (Lipinski definition) is 2. The third-order valence-corrected chi connectivity index (χ3v) is 12.5. The minimum atomic E-state index is -1.56. The van der Waals surface area contributed by atoms with Gasteiger partial charge in [0.25, 0.3) is 11.8 Å². The van der Waals surface area contributed by atoms with Crippen LogP contribution < -0.4 is 14.9 Å². The van der Waals surface area contributed by atoms with E-state index in [9.17, 15) is 19.5 Å². The molecule has 0 spiro atoms. The molecule has 8 rings (SSSR count). The Kier molecular flexibility index (Phi) is 8.55. The van der Waals surface area contributed by atoms with Gasteiger partial charge in [-0.2, -0.15) is 5.01 Å². The Bertz CT molecular complexity index is 2160. The molecule has 266 valence electrons. The second kappa shape index (κ2) is 13.0. The molecule has 3 aromatic carbocycles. The Morgan fingerprint density at radius 2 is 1.71 bits per heavy atom. The van der Waals surface area contributed by atoms with E-state index in [0.717, 1.165) is 15.5 Å². The third kappa shape index (κ3) is 5.12. The van der Waals surface area contributed by atoms with Crippen LogP contribution in [-0.4, -0.2) is 52.9 Å². The van der Waals surface area contributed by atoms with E-state index in [1.54, 1.807) is 49.6 Å². The van der Waals surface area contributed by atoms with E-state index in [2.05, 4.69) is 5.43 Å². The molecule has 2 aliphatic carbocycles. The number of methoxy groups -OCH3 is 2. The number of anilines is 1. The maximum atomic E-state index is 15.4. The van der Waals surface area contributed by atoms with Gasteiger partial charge in [-0.3, -0.25) is 29.5 Å². The molecule has 4 aliphatic rings. The highest BCUT2D eigenvalue weighted by Gasteiger charge is 2.70. The van der Waals surface area contributed by atoms with Crippen LogP contribution in [0.4, 0.5) is 5.69 Å². The zero-order valence-electron chi connectivity index (χ0n) is 28.0. The first-order valence-electron chi connectivity index (χ1n) is 16.8. The lowest BCUT2D eigenvalue weighted by atomic mass is 9.49. The number of likely N-dealkylation sites (tertiary alicyclic amines) is 1. The number of hydrazine groups is 1. The molecule has 6 atom stereocenters. The average Bonchev–Trinajstić information content (AvgIpc) is 3.81. The highest BCUT2D eigenvalue weighted by Crippen LogP contribution is 2.65. The molecular formula is C39H33Cl2N3O7S. The van der Waals surface area contributed by atoms with E-state index in [-0.39, 0.29) is 42.0 Å². The molecule has 0 radical (unpaired) electrons. The van der Waals surface area contributed by atoms with Crippen LogP contribution >= 0.6 is 34.5 Å². The average molecular weight is 759 g/mol. The number of hydrogen-bond acceptors (Lipinski definition) is 9. The Hall–Kier alpha value is -4.84. The predicted octanol–water partition coefficient (Wildman–Crippen LogP) is 6.96. The first-order valence-corrected chi connectivity index (χ1v) is 18.4. The lowest BCUT2D eigenvalue weighted by molar-refractivity contribution is -0.141. The molecular weight excluding hydrogens is 725 g/mol. The van der Waals surface area contributed by atoms with Gasteiger partial charge in [0.15, 0.2) is 0 Å². The van der Waals surface area contributed by atoms with Crippen molar-refractivity contribution < 1.29 is 33.8 Å². The molecule has 3 heterocycles. The molecule has 1 saturated carbocycles. The van der Waals surface area contributed by atoms with Crippen molar-refractivity contribution in [1.29, 1.82) is 0 Å². The summed E-state index contributed by atoms with van der Waals surface area (Å²) in [6.45, 7) is 0.176. The van der Waals surface area contributed by atoms with Crippen molar-refractivity contribution >= 4 is 63.9 Å². The standard InChI is InChI=1S/C39H33Cl2N3O7S/c1-50-23-9-5-20(6-10-23)39-29(36(47)44(38(39)49)42-31-14-7-21(40)16-30(31)41)18-28-25(34(39)26-11-8-22(45)17-32(26)51-2)12-13-27-33(28)37(48)43(35(27)46)19-24-4-3-15-52-24/h3-12,14-17,27-29,33-34,42,45H,13,18-19H2,1-2H3. The fourth-order valence-electron chi connectivity index (χ4n) is 8.91. The molecule has 4 aromatic rings. The molecule has 13 heteroatoms. The number of amides is 4. The monoisotopic (exact) mass is 757 g/mol. The molecule has 3 fully saturated rings. The number of carbonyl (C=O) groups is 4. The number of phenols is 1. The Morgan fingerprint density at radius 1 is 0.923 bits per heavy atom. The van der Waals surface area contributed by atoms with Crippen LogP contribution in [0.3, 0.4) is 0 Å². The SMILES string of the molecule is COc1ccc(C23C(=O)N(Nc4ccc(Cl)cc4Cl)C(=O)C2CC2C(=CCC4C(=O)N(Cc5cccs5)C(=O)C42)C3c2ccc(O)cc2OC)cc1.